The van der Waals surface area contributed by atoms with Gasteiger partial charge in [0.2, 0.25) is 10.0 Å². The number of carbonyl (C=O) groups excluding carboxylic acids is 1. The molecule has 1 unspecified atom stereocenters. The number of anilines is 1. The van der Waals surface area contributed by atoms with Gasteiger partial charge in [-0.1, -0.05) is 36.4 Å². The van der Waals surface area contributed by atoms with E-state index < -0.39 is 16.7 Å². The van der Waals surface area contributed by atoms with Gasteiger partial charge in [0.1, 0.15) is 6.67 Å². The molecule has 1 aliphatic heterocycles. The molecule has 0 radical (unpaired) electrons. The van der Waals surface area contributed by atoms with Crippen molar-refractivity contribution in [3.8, 4) is 0 Å². The van der Waals surface area contributed by atoms with Gasteiger partial charge in [0.25, 0.3) is 0 Å². The van der Waals surface area contributed by atoms with Gasteiger partial charge in [-0.3, -0.25) is 9.88 Å². The van der Waals surface area contributed by atoms with E-state index in [-0.39, 0.29) is 22.5 Å². The summed E-state index contributed by atoms with van der Waals surface area (Å²) in [5.41, 5.74) is 2.48. The predicted octanol–water partition coefficient (Wildman–Crippen LogP) is 3.19. The second-order valence-corrected chi connectivity index (χ2v) is 10.0. The number of halogens is 1. The first-order chi connectivity index (χ1) is 16.4. The quantitative estimate of drug-likeness (QED) is 0.455. The zero-order chi connectivity index (χ0) is 24.1. The lowest BCUT2D eigenvalue weighted by atomic mass is 10.1. The molecular formula is C24H28FN5O3S. The summed E-state index contributed by atoms with van der Waals surface area (Å²) in [6.45, 7) is 3.27. The largest absolute Gasteiger partial charge is 0.337 e. The molecule has 0 aliphatic carbocycles. The Balaban J connectivity index is 1.26. The highest BCUT2D eigenvalue weighted by Crippen LogP contribution is 2.23. The van der Waals surface area contributed by atoms with Crippen LogP contribution in [0, 0.1) is 6.92 Å². The van der Waals surface area contributed by atoms with Crippen LogP contribution in [0.15, 0.2) is 59.5 Å². The van der Waals surface area contributed by atoms with E-state index in [1.807, 2.05) is 37.3 Å². The molecular weight excluding hydrogens is 457 g/mol. The Bertz CT molecular complexity index is 1280. The van der Waals surface area contributed by atoms with Gasteiger partial charge in [0.05, 0.1) is 16.1 Å². The molecule has 1 atom stereocenters. The van der Waals surface area contributed by atoms with E-state index in [9.17, 15) is 17.6 Å². The molecule has 1 fully saturated rings. The molecule has 34 heavy (non-hydrogen) atoms. The van der Waals surface area contributed by atoms with E-state index in [2.05, 4.69) is 25.2 Å². The molecule has 8 nitrogen and oxygen atoms in total. The number of aromatic nitrogens is 1. The van der Waals surface area contributed by atoms with E-state index in [0.29, 0.717) is 38.3 Å². The lowest BCUT2D eigenvalue weighted by Gasteiger charge is -2.18. The maximum atomic E-state index is 13.2. The monoisotopic (exact) mass is 485 g/mol. The molecule has 4 rings (SSSR count). The van der Waals surface area contributed by atoms with E-state index >= 15 is 0 Å². The van der Waals surface area contributed by atoms with Crippen LogP contribution in [0.2, 0.25) is 0 Å². The highest BCUT2D eigenvalue weighted by atomic mass is 32.2. The van der Waals surface area contributed by atoms with Gasteiger partial charge in [0.15, 0.2) is 0 Å². The number of carbonyl (C=O) groups is 1. The van der Waals surface area contributed by atoms with Crippen LogP contribution in [0.25, 0.3) is 10.9 Å². The Labute approximate surface area is 198 Å². The molecule has 0 saturated carbocycles. The third-order valence-corrected chi connectivity index (χ3v) is 7.43. The number of hydrogen-bond donors (Lipinski definition) is 3. The number of sulfonamides is 1. The summed E-state index contributed by atoms with van der Waals surface area (Å²) >= 11 is 0. The molecule has 2 aromatic carbocycles. The van der Waals surface area contributed by atoms with E-state index in [1.165, 1.54) is 12.1 Å². The van der Waals surface area contributed by atoms with E-state index in [1.54, 1.807) is 12.1 Å². The Morgan fingerprint density at radius 1 is 1.18 bits per heavy atom. The lowest BCUT2D eigenvalue weighted by Crippen LogP contribution is -2.39. The fraction of sp³-hybridized carbons (Fsp3) is 0.333. The number of fused-ring (bicyclic) bond motifs is 1. The zero-order valence-corrected chi connectivity index (χ0v) is 19.7. The summed E-state index contributed by atoms with van der Waals surface area (Å²) < 4.78 is 41.3. The standard InChI is InChI=1S/C24H28FN5O3S/c1-17-14-22(20-7-3-4-8-21(20)27-17)28-24(31)26-11-13-30-12-10-19(16-30)29-34(32,33)23-9-5-2-6-18(23)15-25/h2-9,14,19,29H,10-13,15-16H2,1H3,(H2,26,27,28,31). The van der Waals surface area contributed by atoms with Gasteiger partial charge >= 0.3 is 6.03 Å². The SMILES string of the molecule is Cc1cc(NC(=O)NCCN2CCC(NS(=O)(=O)c3ccccc3CF)C2)c2ccccc2n1. The van der Waals surface area contributed by atoms with Crippen molar-refractivity contribution in [3.63, 3.8) is 0 Å². The molecule has 1 saturated heterocycles. The third kappa shape index (κ3) is 5.69. The highest BCUT2D eigenvalue weighted by Gasteiger charge is 2.28. The van der Waals surface area contributed by atoms with Gasteiger partial charge in [-0.2, -0.15) is 0 Å². The molecule has 3 aromatic rings. The third-order valence-electron chi connectivity index (χ3n) is 5.81. The van der Waals surface area contributed by atoms with Gasteiger partial charge in [-0.05, 0) is 38.1 Å². The zero-order valence-electron chi connectivity index (χ0n) is 18.9. The normalized spacial score (nSPS) is 16.6. The summed E-state index contributed by atoms with van der Waals surface area (Å²) in [6.07, 6.45) is 0.644. The van der Waals surface area contributed by atoms with Crippen LogP contribution in [0.1, 0.15) is 17.7 Å². The topological polar surface area (TPSA) is 103 Å². The van der Waals surface area contributed by atoms with Gasteiger partial charge in [0, 0.05) is 42.3 Å². The molecule has 1 aromatic heterocycles. The summed E-state index contributed by atoms with van der Waals surface area (Å²) in [5, 5.41) is 6.61. The number of hydrogen-bond acceptors (Lipinski definition) is 5. The number of nitrogens with one attached hydrogen (secondary N) is 3. The van der Waals surface area contributed by atoms with Crippen LogP contribution >= 0.6 is 0 Å². The number of para-hydroxylation sites is 1. The fourth-order valence-corrected chi connectivity index (χ4v) is 5.68. The Morgan fingerprint density at radius 3 is 2.76 bits per heavy atom. The predicted molar refractivity (Wildman–Crippen MR) is 130 cm³/mol. The number of rotatable bonds is 8. The molecule has 3 N–H and O–H groups in total. The van der Waals surface area contributed by atoms with Crippen molar-refractivity contribution >= 4 is 32.6 Å². The average Bonchev–Trinajstić information content (AvgIpc) is 3.25. The van der Waals surface area contributed by atoms with Crippen molar-refractivity contribution in [3.05, 3.63) is 65.9 Å². The van der Waals surface area contributed by atoms with Crippen LogP contribution < -0.4 is 15.4 Å². The maximum Gasteiger partial charge on any atom is 0.319 e. The number of amides is 2. The van der Waals surface area contributed by atoms with Crippen LogP contribution in [0.5, 0.6) is 0 Å². The summed E-state index contributed by atoms with van der Waals surface area (Å²) in [4.78, 5) is 19.0. The summed E-state index contributed by atoms with van der Waals surface area (Å²) in [7, 11) is -3.80. The Kier molecular flexibility index (Phi) is 7.40. The van der Waals surface area contributed by atoms with Crippen molar-refractivity contribution in [1.82, 2.24) is 19.9 Å². The average molecular weight is 486 g/mol. The van der Waals surface area contributed by atoms with Crippen LogP contribution in [0.3, 0.4) is 0 Å². The second kappa shape index (κ2) is 10.5. The summed E-state index contributed by atoms with van der Waals surface area (Å²) in [6, 6.07) is 15.0. The van der Waals surface area contributed by atoms with Crippen molar-refractivity contribution in [2.45, 2.75) is 31.0 Å². The first-order valence-corrected chi connectivity index (χ1v) is 12.6. The lowest BCUT2D eigenvalue weighted by molar-refractivity contribution is 0.249. The minimum Gasteiger partial charge on any atom is -0.337 e. The Hall–Kier alpha value is -3.08. The molecule has 10 heteroatoms. The first-order valence-electron chi connectivity index (χ1n) is 11.2. The Morgan fingerprint density at radius 2 is 1.94 bits per heavy atom. The number of alkyl halides is 1. The number of likely N-dealkylation sites (tertiary alicyclic amines) is 1. The highest BCUT2D eigenvalue weighted by molar-refractivity contribution is 7.89. The van der Waals surface area contributed by atoms with Crippen molar-refractivity contribution < 1.29 is 17.6 Å². The van der Waals surface area contributed by atoms with E-state index in [4.69, 9.17) is 0 Å². The van der Waals surface area contributed by atoms with Crippen molar-refractivity contribution in [1.29, 1.82) is 0 Å². The summed E-state index contributed by atoms with van der Waals surface area (Å²) in [5.74, 6) is 0. The van der Waals surface area contributed by atoms with Crippen LogP contribution in [-0.2, 0) is 16.7 Å². The minimum atomic E-state index is -3.80. The maximum absolute atomic E-state index is 13.2. The second-order valence-electron chi connectivity index (χ2n) is 8.36. The van der Waals surface area contributed by atoms with Gasteiger partial charge < -0.3 is 10.6 Å². The molecule has 1 aliphatic rings. The molecule has 0 spiro atoms. The van der Waals surface area contributed by atoms with Crippen LogP contribution in [-0.4, -0.2) is 56.6 Å². The fourth-order valence-electron chi connectivity index (χ4n) is 4.20. The number of urea groups is 1. The molecule has 2 heterocycles. The van der Waals surface area contributed by atoms with Crippen LogP contribution in [0.4, 0.5) is 14.9 Å². The van der Waals surface area contributed by atoms with Gasteiger partial charge in [-0.15, -0.1) is 0 Å². The number of nitrogens with zero attached hydrogens (tertiary/aromatic N) is 2. The molecule has 180 valence electrons. The van der Waals surface area contributed by atoms with Gasteiger partial charge in [-0.25, -0.2) is 22.3 Å². The van der Waals surface area contributed by atoms with Crippen molar-refractivity contribution in [2.75, 3.05) is 31.5 Å². The first kappa shape index (κ1) is 24.1. The smallest absolute Gasteiger partial charge is 0.319 e. The minimum absolute atomic E-state index is 0.0202. The van der Waals surface area contributed by atoms with Crippen molar-refractivity contribution in [2.24, 2.45) is 0 Å². The number of pyridine rings is 1. The number of aryl methyl sites for hydroxylation is 1. The molecule has 2 amide bonds. The molecule has 0 bridgehead atoms. The number of benzene rings is 2. The van der Waals surface area contributed by atoms with E-state index in [0.717, 1.165) is 16.6 Å².